The van der Waals surface area contributed by atoms with E-state index in [4.69, 9.17) is 5.21 Å². The van der Waals surface area contributed by atoms with Crippen molar-refractivity contribution >= 4 is 0 Å². The highest BCUT2D eigenvalue weighted by molar-refractivity contribution is 4.52. The number of quaternary nitrogens is 1. The van der Waals surface area contributed by atoms with Gasteiger partial charge in [0.05, 0.1) is 0 Å². The number of nitrogens with one attached hydrogen (secondary N) is 1. The molecule has 0 spiro atoms. The zero-order valence-electron chi connectivity index (χ0n) is 4.86. The van der Waals surface area contributed by atoms with Gasteiger partial charge in [0.2, 0.25) is 0 Å². The van der Waals surface area contributed by atoms with Crippen LogP contribution in [0, 0.1) is 5.21 Å². The third-order valence-corrected chi connectivity index (χ3v) is 0.642. The Morgan fingerprint density at radius 2 is 1.57 bits per heavy atom. The summed E-state index contributed by atoms with van der Waals surface area (Å²) in [6, 6.07) is 0. The van der Waals surface area contributed by atoms with Crippen LogP contribution in [-0.4, -0.2) is 10.7 Å². The van der Waals surface area contributed by atoms with Gasteiger partial charge in [-0.1, -0.05) is 0 Å². The van der Waals surface area contributed by atoms with Crippen molar-refractivity contribution in [3.05, 3.63) is 5.21 Å². The monoisotopic (exact) mass is 105 g/mol. The molecule has 0 heterocycles. The van der Waals surface area contributed by atoms with Crippen LogP contribution in [0.15, 0.2) is 0 Å². The van der Waals surface area contributed by atoms with Crippen LogP contribution in [0.2, 0.25) is 0 Å². The molecule has 0 bridgehead atoms. The normalized spacial score (nSPS) is 16.7. The maximum Gasteiger partial charge on any atom is 0.118 e. The molecule has 0 amide bonds. The van der Waals surface area contributed by atoms with Crippen LogP contribution < -0.4 is 5.23 Å². The molecule has 0 radical (unpaired) electrons. The van der Waals surface area contributed by atoms with Gasteiger partial charge in [-0.2, -0.15) is 0 Å². The Labute approximate surface area is 43.1 Å². The highest BCUT2D eigenvalue weighted by Gasteiger charge is 2.15. The third kappa shape index (κ3) is 2.56. The summed E-state index contributed by atoms with van der Waals surface area (Å²) in [5, 5.41) is 17.5. The van der Waals surface area contributed by atoms with Crippen molar-refractivity contribution in [3.63, 3.8) is 0 Å². The van der Waals surface area contributed by atoms with Crippen LogP contribution in [0.1, 0.15) is 20.8 Å². The van der Waals surface area contributed by atoms with E-state index in [-0.39, 0.29) is 0 Å². The first-order chi connectivity index (χ1) is 2.94. The van der Waals surface area contributed by atoms with Crippen LogP contribution >= 0.6 is 0 Å². The number of hydroxylamine groups is 2. The van der Waals surface area contributed by atoms with Crippen LogP contribution in [0.5, 0.6) is 0 Å². The molecule has 0 aromatic heterocycles. The van der Waals surface area contributed by atoms with Gasteiger partial charge >= 0.3 is 0 Å². The standard InChI is InChI=1S/C4H11NO2/c1-4(2,3)5(6)7/h5-6H,1-3H3. The fourth-order valence-electron chi connectivity index (χ4n) is 0. The van der Waals surface area contributed by atoms with Gasteiger partial charge in [-0.3, -0.25) is 0 Å². The molecule has 0 aliphatic carbocycles. The minimum absolute atomic E-state index is 0.583. The van der Waals surface area contributed by atoms with Gasteiger partial charge in [-0.25, -0.2) is 10.4 Å². The van der Waals surface area contributed by atoms with E-state index in [2.05, 4.69) is 0 Å². The number of hydrogen-bond donors (Lipinski definition) is 2. The molecule has 44 valence electrons. The maximum absolute atomic E-state index is 10.0. The average molecular weight is 105 g/mol. The van der Waals surface area contributed by atoms with E-state index in [1.807, 2.05) is 0 Å². The first-order valence-corrected chi connectivity index (χ1v) is 2.18. The Kier molecular flexibility index (Phi) is 1.75. The summed E-state index contributed by atoms with van der Waals surface area (Å²) in [5.41, 5.74) is -0.583. The minimum Gasteiger partial charge on any atom is -0.600 e. The van der Waals surface area contributed by atoms with Crippen molar-refractivity contribution in [1.82, 2.24) is 0 Å². The maximum atomic E-state index is 10.0. The highest BCUT2D eigenvalue weighted by atomic mass is 16.8. The van der Waals surface area contributed by atoms with E-state index in [1.54, 1.807) is 20.8 Å². The van der Waals surface area contributed by atoms with Crippen molar-refractivity contribution in [1.29, 1.82) is 0 Å². The second-order valence-corrected chi connectivity index (χ2v) is 2.56. The van der Waals surface area contributed by atoms with E-state index in [1.165, 1.54) is 0 Å². The van der Waals surface area contributed by atoms with Gasteiger partial charge < -0.3 is 5.21 Å². The van der Waals surface area contributed by atoms with Gasteiger partial charge in [0.25, 0.3) is 0 Å². The SMILES string of the molecule is CC(C)(C)[NH+]([O-])O. The molecule has 0 aliphatic heterocycles. The Balaban J connectivity index is 3.54. The van der Waals surface area contributed by atoms with Crippen molar-refractivity contribution in [2.24, 2.45) is 0 Å². The molecule has 0 saturated heterocycles. The summed E-state index contributed by atoms with van der Waals surface area (Å²) in [6.07, 6.45) is 0. The molecule has 3 heteroatoms. The summed E-state index contributed by atoms with van der Waals surface area (Å²) < 4.78 is 0. The molecule has 3 nitrogen and oxygen atoms in total. The van der Waals surface area contributed by atoms with Crippen LogP contribution in [0.4, 0.5) is 0 Å². The summed E-state index contributed by atoms with van der Waals surface area (Å²) >= 11 is 0. The molecule has 1 unspecified atom stereocenters. The quantitative estimate of drug-likeness (QED) is 0.410. The average Bonchev–Trinajstić information content (AvgIpc) is 1.31. The predicted molar refractivity (Wildman–Crippen MR) is 25.9 cm³/mol. The number of rotatable bonds is 0. The lowest BCUT2D eigenvalue weighted by Crippen LogP contribution is -3.12. The Bertz CT molecular complexity index is 55.2. The van der Waals surface area contributed by atoms with E-state index < -0.39 is 10.8 Å². The van der Waals surface area contributed by atoms with Crippen molar-refractivity contribution in [3.8, 4) is 0 Å². The summed E-state index contributed by atoms with van der Waals surface area (Å²) in [5.74, 6) is 0. The predicted octanol–water partition coefficient (Wildman–Crippen LogP) is -0.443. The smallest absolute Gasteiger partial charge is 0.118 e. The molecule has 0 aromatic carbocycles. The summed E-state index contributed by atoms with van der Waals surface area (Å²) in [7, 11) is 0. The van der Waals surface area contributed by atoms with Gasteiger partial charge in [0, 0.05) is 0 Å². The lowest BCUT2D eigenvalue weighted by atomic mass is 10.1. The van der Waals surface area contributed by atoms with Crippen LogP contribution in [0.25, 0.3) is 0 Å². The van der Waals surface area contributed by atoms with Crippen molar-refractivity contribution in [2.45, 2.75) is 26.3 Å². The Morgan fingerprint density at radius 3 is 1.57 bits per heavy atom. The van der Waals surface area contributed by atoms with E-state index in [0.717, 1.165) is 0 Å². The lowest BCUT2D eigenvalue weighted by molar-refractivity contribution is -1.08. The second-order valence-electron chi connectivity index (χ2n) is 2.56. The summed E-state index contributed by atoms with van der Waals surface area (Å²) in [4.78, 5) is 0. The van der Waals surface area contributed by atoms with Crippen molar-refractivity contribution in [2.75, 3.05) is 0 Å². The highest BCUT2D eigenvalue weighted by Crippen LogP contribution is 1.88. The van der Waals surface area contributed by atoms with Gasteiger partial charge in [0.15, 0.2) is 0 Å². The fraction of sp³-hybridized carbons (Fsp3) is 1.00. The van der Waals surface area contributed by atoms with Gasteiger partial charge in [-0.05, 0) is 20.8 Å². The molecular weight excluding hydrogens is 94.0 g/mol. The first-order valence-electron chi connectivity index (χ1n) is 2.18. The lowest BCUT2D eigenvalue weighted by Gasteiger charge is -2.26. The summed E-state index contributed by atoms with van der Waals surface area (Å²) in [6.45, 7) is 4.99. The molecule has 7 heavy (non-hydrogen) atoms. The minimum atomic E-state index is -0.757. The van der Waals surface area contributed by atoms with E-state index in [0.29, 0.717) is 0 Å². The molecule has 2 N–H and O–H groups in total. The Morgan fingerprint density at radius 1 is 1.43 bits per heavy atom. The van der Waals surface area contributed by atoms with Crippen molar-refractivity contribution < 1.29 is 10.4 Å². The molecule has 0 saturated carbocycles. The first kappa shape index (κ1) is 6.88. The van der Waals surface area contributed by atoms with E-state index >= 15 is 0 Å². The van der Waals surface area contributed by atoms with E-state index in [9.17, 15) is 5.21 Å². The molecule has 0 fully saturated rings. The Hall–Kier alpha value is -0.120. The van der Waals surface area contributed by atoms with Gasteiger partial charge in [-0.15, -0.1) is 0 Å². The molecule has 0 aliphatic rings. The zero-order chi connectivity index (χ0) is 6.08. The molecule has 0 rings (SSSR count). The fourth-order valence-corrected chi connectivity index (χ4v) is 0. The molecule has 0 aromatic rings. The topological polar surface area (TPSA) is 47.7 Å². The molecular formula is C4H11NO2. The van der Waals surface area contributed by atoms with Crippen LogP contribution in [0.3, 0.4) is 0 Å². The third-order valence-electron chi connectivity index (χ3n) is 0.642. The largest absolute Gasteiger partial charge is 0.600 e. The number of hydrogen-bond acceptors (Lipinski definition) is 2. The zero-order valence-corrected chi connectivity index (χ0v) is 4.86. The van der Waals surface area contributed by atoms with Gasteiger partial charge in [0.1, 0.15) is 5.54 Å². The molecule has 1 atom stereocenters. The second kappa shape index (κ2) is 1.78. The van der Waals surface area contributed by atoms with Crippen LogP contribution in [-0.2, 0) is 0 Å².